The van der Waals surface area contributed by atoms with Crippen molar-refractivity contribution in [2.45, 2.75) is 38.8 Å². The van der Waals surface area contributed by atoms with Gasteiger partial charge in [0.15, 0.2) is 0 Å². The van der Waals surface area contributed by atoms with Gasteiger partial charge in [-0.05, 0) is 30.5 Å². The molecule has 20 heavy (non-hydrogen) atoms. The van der Waals surface area contributed by atoms with Crippen molar-refractivity contribution in [2.24, 2.45) is 0 Å². The van der Waals surface area contributed by atoms with E-state index in [2.05, 4.69) is 16.5 Å². The molecule has 4 nitrogen and oxygen atoms in total. The normalized spacial score (nSPS) is 12.3. The van der Waals surface area contributed by atoms with E-state index in [-0.39, 0.29) is 0 Å². The topological polar surface area (TPSA) is 47.3 Å². The number of rotatable bonds is 7. The average Bonchev–Trinajstić information content (AvgIpc) is 2.87. The van der Waals surface area contributed by atoms with Crippen LogP contribution in [-0.4, -0.2) is 27.9 Å². The van der Waals surface area contributed by atoms with Gasteiger partial charge in [-0.25, -0.2) is 4.98 Å². The van der Waals surface area contributed by atoms with E-state index >= 15 is 0 Å². The quantitative estimate of drug-likeness (QED) is 0.843. The van der Waals surface area contributed by atoms with E-state index in [1.54, 1.807) is 13.3 Å². The molecule has 1 N–H and O–H groups in total. The number of hydrogen-bond donors (Lipinski definition) is 1. The average molecular weight is 274 g/mol. The van der Waals surface area contributed by atoms with Gasteiger partial charge in [-0.2, -0.15) is 0 Å². The van der Waals surface area contributed by atoms with Gasteiger partial charge in [0.25, 0.3) is 0 Å². The van der Waals surface area contributed by atoms with Crippen LogP contribution >= 0.6 is 0 Å². The summed E-state index contributed by atoms with van der Waals surface area (Å²) in [7, 11) is 1.65. The zero-order chi connectivity index (χ0) is 14.4. The molecule has 0 spiro atoms. The largest absolute Gasteiger partial charge is 0.497 e. The molecule has 108 valence electrons. The Labute approximate surface area is 120 Å². The van der Waals surface area contributed by atoms with Crippen LogP contribution in [0.3, 0.4) is 0 Å². The number of aliphatic hydroxyl groups is 1. The minimum atomic E-state index is -0.415. The van der Waals surface area contributed by atoms with Crippen LogP contribution < -0.4 is 4.74 Å². The van der Waals surface area contributed by atoms with Crippen LogP contribution in [0.1, 0.15) is 24.7 Å². The van der Waals surface area contributed by atoms with Crippen LogP contribution in [0.4, 0.5) is 0 Å². The van der Waals surface area contributed by atoms with E-state index in [9.17, 15) is 5.11 Å². The summed E-state index contributed by atoms with van der Waals surface area (Å²) in [6.07, 6.45) is 5.63. The van der Waals surface area contributed by atoms with Crippen molar-refractivity contribution in [3.05, 3.63) is 48.0 Å². The van der Waals surface area contributed by atoms with Crippen molar-refractivity contribution in [3.8, 4) is 5.75 Å². The maximum absolute atomic E-state index is 10.2. The van der Waals surface area contributed by atoms with Gasteiger partial charge in [-0.1, -0.05) is 19.1 Å². The number of benzene rings is 1. The zero-order valence-electron chi connectivity index (χ0n) is 12.1. The molecule has 2 aromatic rings. The van der Waals surface area contributed by atoms with Crippen molar-refractivity contribution in [1.29, 1.82) is 0 Å². The second-order valence-electron chi connectivity index (χ2n) is 4.95. The van der Waals surface area contributed by atoms with Gasteiger partial charge in [-0.3, -0.25) is 0 Å². The molecular formula is C16H22N2O2. The highest BCUT2D eigenvalue weighted by atomic mass is 16.5. The molecule has 0 bridgehead atoms. The van der Waals surface area contributed by atoms with E-state index in [1.807, 2.05) is 30.5 Å². The highest BCUT2D eigenvalue weighted by molar-refractivity contribution is 5.27. The van der Waals surface area contributed by atoms with Gasteiger partial charge in [0.05, 0.1) is 13.2 Å². The molecule has 0 saturated carbocycles. The lowest BCUT2D eigenvalue weighted by Gasteiger charge is -2.12. The van der Waals surface area contributed by atoms with Gasteiger partial charge in [0.1, 0.15) is 11.6 Å². The zero-order valence-corrected chi connectivity index (χ0v) is 12.1. The van der Waals surface area contributed by atoms with Gasteiger partial charge in [-0.15, -0.1) is 0 Å². The summed E-state index contributed by atoms with van der Waals surface area (Å²) < 4.78 is 7.23. The van der Waals surface area contributed by atoms with Crippen LogP contribution in [-0.2, 0) is 19.4 Å². The van der Waals surface area contributed by atoms with Gasteiger partial charge >= 0.3 is 0 Å². The molecule has 0 amide bonds. The molecule has 1 aromatic carbocycles. The van der Waals surface area contributed by atoms with Crippen LogP contribution in [0.25, 0.3) is 0 Å². The first-order chi connectivity index (χ1) is 9.72. The van der Waals surface area contributed by atoms with Gasteiger partial charge < -0.3 is 14.4 Å². The second-order valence-corrected chi connectivity index (χ2v) is 4.95. The van der Waals surface area contributed by atoms with Crippen molar-refractivity contribution in [1.82, 2.24) is 9.55 Å². The Bertz CT molecular complexity index is 520. The molecule has 0 aliphatic heterocycles. The first kappa shape index (κ1) is 14.6. The molecule has 0 aliphatic carbocycles. The third-order valence-electron chi connectivity index (χ3n) is 3.31. The molecule has 0 radical (unpaired) electrons. The molecular weight excluding hydrogens is 252 g/mol. The molecule has 0 fully saturated rings. The van der Waals surface area contributed by atoms with Crippen LogP contribution in [0, 0.1) is 0 Å². The number of imidazole rings is 1. The molecule has 1 aromatic heterocycles. The molecule has 2 rings (SSSR count). The third-order valence-corrected chi connectivity index (χ3v) is 3.31. The lowest BCUT2D eigenvalue weighted by molar-refractivity contribution is 0.171. The highest BCUT2D eigenvalue weighted by Gasteiger charge is 2.11. The summed E-state index contributed by atoms with van der Waals surface area (Å²) in [6.45, 7) is 3.09. The van der Waals surface area contributed by atoms with E-state index in [4.69, 9.17) is 4.74 Å². The maximum Gasteiger partial charge on any atom is 0.118 e. The number of aliphatic hydroxyl groups excluding tert-OH is 1. The Morgan fingerprint density at radius 1 is 1.25 bits per heavy atom. The molecule has 0 saturated heterocycles. The maximum atomic E-state index is 10.2. The Kier molecular flexibility index (Phi) is 5.18. The number of hydrogen-bond acceptors (Lipinski definition) is 3. The minimum Gasteiger partial charge on any atom is -0.497 e. The summed E-state index contributed by atoms with van der Waals surface area (Å²) in [6, 6.07) is 7.81. The molecule has 1 heterocycles. The predicted molar refractivity (Wildman–Crippen MR) is 78.9 cm³/mol. The summed E-state index contributed by atoms with van der Waals surface area (Å²) in [5.41, 5.74) is 1.10. The summed E-state index contributed by atoms with van der Waals surface area (Å²) in [4.78, 5) is 4.33. The van der Waals surface area contributed by atoms with E-state index < -0.39 is 6.10 Å². The van der Waals surface area contributed by atoms with Crippen LogP contribution in [0.5, 0.6) is 5.75 Å². The second kappa shape index (κ2) is 7.10. The summed E-state index contributed by atoms with van der Waals surface area (Å²) >= 11 is 0. The van der Waals surface area contributed by atoms with Crippen molar-refractivity contribution >= 4 is 0 Å². The fourth-order valence-corrected chi connectivity index (χ4v) is 2.29. The number of methoxy groups -OCH3 is 1. The number of ether oxygens (including phenoxy) is 1. The number of aromatic nitrogens is 2. The summed E-state index contributed by atoms with van der Waals surface area (Å²) in [5, 5.41) is 10.2. The molecule has 1 atom stereocenters. The first-order valence-corrected chi connectivity index (χ1v) is 7.04. The number of nitrogens with zero attached hydrogens (tertiary/aromatic N) is 2. The third kappa shape index (κ3) is 3.84. The van der Waals surface area contributed by atoms with E-state index in [0.717, 1.165) is 30.1 Å². The Hall–Kier alpha value is -1.81. The van der Waals surface area contributed by atoms with Gasteiger partial charge in [0.2, 0.25) is 0 Å². The minimum absolute atomic E-state index is 0.415. The SMILES string of the molecule is CCCn1ccnc1CC(O)Cc1ccc(OC)cc1. The van der Waals surface area contributed by atoms with Crippen molar-refractivity contribution in [3.63, 3.8) is 0 Å². The predicted octanol–water partition coefficient (Wildman–Crippen LogP) is 2.45. The fraction of sp³-hybridized carbons (Fsp3) is 0.438. The lowest BCUT2D eigenvalue weighted by atomic mass is 10.1. The standard InChI is InChI=1S/C16H22N2O2/c1-3-9-18-10-8-17-16(18)12-14(19)11-13-4-6-15(20-2)7-5-13/h4-8,10,14,19H,3,9,11-12H2,1-2H3. The summed E-state index contributed by atoms with van der Waals surface area (Å²) in [5.74, 6) is 1.79. The lowest BCUT2D eigenvalue weighted by Crippen LogP contribution is -2.17. The molecule has 4 heteroatoms. The van der Waals surface area contributed by atoms with Crippen LogP contribution in [0.15, 0.2) is 36.7 Å². The van der Waals surface area contributed by atoms with Crippen molar-refractivity contribution < 1.29 is 9.84 Å². The number of aryl methyl sites for hydroxylation is 1. The fourth-order valence-electron chi connectivity index (χ4n) is 2.29. The Morgan fingerprint density at radius 2 is 2.00 bits per heavy atom. The molecule has 0 aliphatic rings. The highest BCUT2D eigenvalue weighted by Crippen LogP contribution is 2.14. The Balaban J connectivity index is 1.94. The Morgan fingerprint density at radius 3 is 2.65 bits per heavy atom. The van der Waals surface area contributed by atoms with E-state index in [0.29, 0.717) is 12.8 Å². The van der Waals surface area contributed by atoms with E-state index in [1.165, 1.54) is 0 Å². The monoisotopic (exact) mass is 274 g/mol. The first-order valence-electron chi connectivity index (χ1n) is 7.04. The van der Waals surface area contributed by atoms with Gasteiger partial charge in [0, 0.05) is 25.4 Å². The smallest absolute Gasteiger partial charge is 0.118 e. The van der Waals surface area contributed by atoms with Crippen molar-refractivity contribution in [2.75, 3.05) is 7.11 Å². The van der Waals surface area contributed by atoms with Crippen LogP contribution in [0.2, 0.25) is 0 Å². The molecule has 1 unspecified atom stereocenters.